The monoisotopic (exact) mass is 476 g/mol. The van der Waals surface area contributed by atoms with Crippen molar-refractivity contribution in [3.8, 4) is 5.75 Å². The molecule has 9 heteroatoms. The summed E-state index contributed by atoms with van der Waals surface area (Å²) in [5, 5.41) is 18.3. The van der Waals surface area contributed by atoms with E-state index in [9.17, 15) is 9.59 Å². The summed E-state index contributed by atoms with van der Waals surface area (Å²) in [5.41, 5.74) is -0.170. The van der Waals surface area contributed by atoms with Crippen molar-refractivity contribution >= 4 is 11.9 Å². The van der Waals surface area contributed by atoms with E-state index in [1.807, 2.05) is 31.2 Å². The van der Waals surface area contributed by atoms with Gasteiger partial charge in [0.15, 0.2) is 11.5 Å². The lowest BCUT2D eigenvalue weighted by molar-refractivity contribution is -0.647. The third-order valence-corrected chi connectivity index (χ3v) is 8.38. The van der Waals surface area contributed by atoms with Crippen molar-refractivity contribution < 1.29 is 43.8 Å². The second-order valence-corrected chi connectivity index (χ2v) is 10.1. The van der Waals surface area contributed by atoms with Gasteiger partial charge in [0, 0.05) is 31.1 Å². The highest BCUT2D eigenvalue weighted by molar-refractivity contribution is 5.92. The highest BCUT2D eigenvalue weighted by Crippen LogP contribution is 2.70. The summed E-state index contributed by atoms with van der Waals surface area (Å²) in [7, 11) is 1.65. The molecule has 34 heavy (non-hydrogen) atoms. The fourth-order valence-electron chi connectivity index (χ4n) is 7.25. The van der Waals surface area contributed by atoms with Crippen LogP contribution >= 0.6 is 0 Å². The molecule has 1 saturated heterocycles. The molecule has 5 fully saturated rings. The molecule has 3 unspecified atom stereocenters. The number of hydrogen-bond donors (Lipinski definition) is 2. The summed E-state index contributed by atoms with van der Waals surface area (Å²) in [5.74, 6) is -3.66. The summed E-state index contributed by atoms with van der Waals surface area (Å²) < 4.78 is 18.1. The van der Waals surface area contributed by atoms with Crippen LogP contribution in [0.15, 0.2) is 24.3 Å². The second-order valence-electron chi connectivity index (χ2n) is 10.1. The van der Waals surface area contributed by atoms with E-state index in [0.29, 0.717) is 12.5 Å². The van der Waals surface area contributed by atoms with Crippen molar-refractivity contribution in [2.75, 3.05) is 20.3 Å². The highest BCUT2D eigenvalue weighted by atomic mass is 17.3. The average molecular weight is 477 g/mol. The first kappa shape index (κ1) is 23.5. The normalized spacial score (nSPS) is 37.7. The van der Waals surface area contributed by atoms with Gasteiger partial charge in [-0.1, -0.05) is 12.1 Å². The number of carbonyl (C=O) groups is 2. The van der Waals surface area contributed by atoms with Gasteiger partial charge in [-0.15, -0.1) is 0 Å². The van der Waals surface area contributed by atoms with E-state index in [2.05, 4.69) is 0 Å². The minimum absolute atomic E-state index is 0.0522. The zero-order valence-electron chi connectivity index (χ0n) is 19.5. The Balaban J connectivity index is 1.38. The number of rotatable bonds is 10. The van der Waals surface area contributed by atoms with Crippen molar-refractivity contribution in [1.29, 1.82) is 0 Å². The van der Waals surface area contributed by atoms with E-state index >= 15 is 0 Å². The molecule has 3 atom stereocenters. The summed E-state index contributed by atoms with van der Waals surface area (Å²) in [6, 6.07) is 7.76. The van der Waals surface area contributed by atoms with Crippen LogP contribution in [0.5, 0.6) is 5.75 Å². The predicted octanol–water partition coefficient (Wildman–Crippen LogP) is 3.36. The number of aliphatic carboxylic acids is 2. The smallest absolute Gasteiger partial charge is 0.317 e. The lowest BCUT2D eigenvalue weighted by Gasteiger charge is -2.70. The Bertz CT molecular complexity index is 927. The van der Waals surface area contributed by atoms with Gasteiger partial charge in [0.05, 0.1) is 12.2 Å². The molecule has 2 N–H and O–H groups in total. The summed E-state index contributed by atoms with van der Waals surface area (Å²) >= 11 is 0. The first-order chi connectivity index (χ1) is 16.3. The number of carboxylic acids is 2. The van der Waals surface area contributed by atoms with Crippen molar-refractivity contribution in [3.05, 3.63) is 29.8 Å². The van der Waals surface area contributed by atoms with Crippen LogP contribution in [0, 0.1) is 23.7 Å². The second kappa shape index (κ2) is 8.48. The van der Waals surface area contributed by atoms with E-state index < -0.39 is 34.8 Å². The fraction of sp³-hybridized carbons (Fsp3) is 0.680. The van der Waals surface area contributed by atoms with Gasteiger partial charge in [-0.25, -0.2) is 4.89 Å². The van der Waals surface area contributed by atoms with Crippen molar-refractivity contribution in [2.45, 2.75) is 62.4 Å². The molecule has 0 aromatic heterocycles. The largest absolute Gasteiger partial charge is 0.494 e. The molecule has 4 aliphatic carbocycles. The van der Waals surface area contributed by atoms with Crippen LogP contribution in [0.25, 0.3) is 0 Å². The Labute approximate surface area is 198 Å². The molecule has 9 nitrogen and oxygen atoms in total. The van der Waals surface area contributed by atoms with Crippen LogP contribution < -0.4 is 4.74 Å². The molecule has 1 aliphatic heterocycles. The molecule has 1 heterocycles. The molecule has 5 aliphatic rings. The molecular weight excluding hydrogens is 444 g/mol. The van der Waals surface area contributed by atoms with E-state index in [0.717, 1.165) is 43.4 Å². The molecule has 6 rings (SSSR count). The van der Waals surface area contributed by atoms with Gasteiger partial charge < -0.3 is 24.4 Å². The molecule has 186 valence electrons. The molecule has 4 bridgehead atoms. The maximum atomic E-state index is 11.2. The van der Waals surface area contributed by atoms with E-state index in [1.165, 1.54) is 0 Å². The summed E-state index contributed by atoms with van der Waals surface area (Å²) in [6.07, 6.45) is 4.29. The van der Waals surface area contributed by atoms with E-state index in [1.54, 1.807) is 7.11 Å². The first-order valence-electron chi connectivity index (χ1n) is 12.0. The number of ether oxygens (including phenoxy) is 3. The third-order valence-electron chi connectivity index (χ3n) is 8.38. The van der Waals surface area contributed by atoms with Gasteiger partial charge >= 0.3 is 11.9 Å². The minimum Gasteiger partial charge on any atom is -0.494 e. The number of methoxy groups -OCH3 is 1. The predicted molar refractivity (Wildman–Crippen MR) is 117 cm³/mol. The molecule has 0 amide bonds. The van der Waals surface area contributed by atoms with Crippen LogP contribution in [0.3, 0.4) is 0 Å². The Hall–Kier alpha value is -2.20. The van der Waals surface area contributed by atoms with Gasteiger partial charge in [-0.05, 0) is 63.5 Å². The zero-order valence-corrected chi connectivity index (χ0v) is 19.5. The quantitative estimate of drug-likeness (QED) is 0.387. The fourth-order valence-corrected chi connectivity index (χ4v) is 7.25. The maximum Gasteiger partial charge on any atom is 0.317 e. The minimum atomic E-state index is -1.46. The highest BCUT2D eigenvalue weighted by Gasteiger charge is 2.78. The lowest BCUT2D eigenvalue weighted by Crippen LogP contribution is -2.78. The third kappa shape index (κ3) is 3.36. The van der Waals surface area contributed by atoms with Crippen LogP contribution in [-0.2, 0) is 34.6 Å². The van der Waals surface area contributed by atoms with Crippen molar-refractivity contribution in [2.24, 2.45) is 23.7 Å². The van der Waals surface area contributed by atoms with E-state index in [-0.39, 0.29) is 24.9 Å². The Morgan fingerprint density at radius 1 is 1.12 bits per heavy atom. The molecular formula is C25H32O9. The Kier molecular flexibility index (Phi) is 5.87. The average Bonchev–Trinajstić information content (AvgIpc) is 2.76. The molecule has 4 saturated carbocycles. The van der Waals surface area contributed by atoms with Gasteiger partial charge in [-0.2, -0.15) is 4.89 Å². The summed E-state index contributed by atoms with van der Waals surface area (Å²) in [4.78, 5) is 34.3. The molecule has 1 spiro atoms. The maximum absolute atomic E-state index is 11.2. The van der Waals surface area contributed by atoms with Crippen molar-refractivity contribution in [1.82, 2.24) is 0 Å². The van der Waals surface area contributed by atoms with Gasteiger partial charge in [0.1, 0.15) is 5.75 Å². The van der Waals surface area contributed by atoms with Crippen LogP contribution in [0.2, 0.25) is 0 Å². The Morgan fingerprint density at radius 2 is 1.82 bits per heavy atom. The Morgan fingerprint density at radius 3 is 2.38 bits per heavy atom. The van der Waals surface area contributed by atoms with Gasteiger partial charge in [0.25, 0.3) is 5.79 Å². The van der Waals surface area contributed by atoms with Crippen LogP contribution in [-0.4, -0.2) is 53.7 Å². The molecule has 0 radical (unpaired) electrons. The molecule has 1 aromatic rings. The SMILES string of the molecule is CCOc1cccc(C2(OC)OOC23C2CC4CC3CC(OCCC(C(=O)O)C(=O)O)(C4)C2)c1. The summed E-state index contributed by atoms with van der Waals surface area (Å²) in [6.45, 7) is 2.60. The van der Waals surface area contributed by atoms with Crippen molar-refractivity contribution in [3.63, 3.8) is 0 Å². The van der Waals surface area contributed by atoms with Gasteiger partial charge in [-0.3, -0.25) is 9.59 Å². The van der Waals surface area contributed by atoms with Crippen LogP contribution in [0.1, 0.15) is 51.0 Å². The number of hydrogen-bond acceptors (Lipinski definition) is 7. The first-order valence-corrected chi connectivity index (χ1v) is 12.0. The molecule has 1 aromatic carbocycles. The van der Waals surface area contributed by atoms with Crippen LogP contribution in [0.4, 0.5) is 0 Å². The van der Waals surface area contributed by atoms with Gasteiger partial charge in [0.2, 0.25) is 0 Å². The standard InChI is InChI=1S/C25H32O9/c1-3-31-19-6-4-5-16(11-19)25(30-2)24(33-34-25)17-9-15-10-18(24)14-23(12-15,13-17)32-8-7-20(21(26)27)22(28)29/h4-6,11,15,17-18,20H,3,7-10,12-14H2,1-2H3,(H,26,27)(H,28,29). The lowest BCUT2D eigenvalue weighted by atomic mass is 9.45. The van der Waals surface area contributed by atoms with E-state index in [4.69, 9.17) is 34.2 Å². The zero-order chi connectivity index (χ0) is 24.1. The number of carboxylic acid groups (broad SMARTS) is 2. The topological polar surface area (TPSA) is 121 Å². The number of benzene rings is 1.